The molecule has 0 saturated carbocycles. The van der Waals surface area contributed by atoms with Gasteiger partial charge in [0.2, 0.25) is 0 Å². The van der Waals surface area contributed by atoms with Crippen LogP contribution in [0.4, 0.5) is 0 Å². The van der Waals surface area contributed by atoms with Gasteiger partial charge >= 0.3 is 40.0 Å². The maximum absolute atomic E-state index is 9.68. The summed E-state index contributed by atoms with van der Waals surface area (Å²) in [5.74, 6) is 0. The third-order valence-electron chi connectivity index (χ3n) is 0.335. The predicted molar refractivity (Wildman–Crippen MR) is 34.8 cm³/mol. The number of rotatable bonds is 3. The molecular formula is C3H7NaO4S. The van der Waals surface area contributed by atoms with E-state index >= 15 is 0 Å². The molecule has 0 aliphatic rings. The van der Waals surface area contributed by atoms with E-state index in [-0.39, 0.29) is 36.2 Å². The molecule has 0 aromatic carbocycles. The third-order valence-corrected chi connectivity index (χ3v) is 0.769. The Hall–Kier alpha value is 0.610. The fraction of sp³-hybridized carbons (Fsp3) is 0.333. The van der Waals surface area contributed by atoms with Crippen molar-refractivity contribution in [2.75, 3.05) is 6.61 Å². The first-order chi connectivity index (χ1) is 3.56. The van der Waals surface area contributed by atoms with Crippen molar-refractivity contribution in [3.05, 3.63) is 12.7 Å². The monoisotopic (exact) mass is 162 g/mol. The van der Waals surface area contributed by atoms with Crippen LogP contribution in [0.5, 0.6) is 0 Å². The van der Waals surface area contributed by atoms with E-state index in [1.807, 2.05) is 0 Å². The van der Waals surface area contributed by atoms with Gasteiger partial charge < -0.3 is 0 Å². The number of hydrogen-bond donors (Lipinski definition) is 1. The van der Waals surface area contributed by atoms with Crippen LogP contribution in [0.15, 0.2) is 12.7 Å². The molecule has 0 radical (unpaired) electrons. The van der Waals surface area contributed by atoms with Gasteiger partial charge in [-0.2, -0.15) is 8.42 Å². The van der Waals surface area contributed by atoms with E-state index < -0.39 is 10.4 Å². The first-order valence-electron chi connectivity index (χ1n) is 1.79. The molecule has 0 aliphatic heterocycles. The Bertz CT molecular complexity index is 161. The summed E-state index contributed by atoms with van der Waals surface area (Å²) in [6.45, 7) is 2.97. The van der Waals surface area contributed by atoms with Gasteiger partial charge in [-0.3, -0.25) is 4.55 Å². The standard InChI is InChI=1S/C3H6O4S.Na.H/c1-2-3-7-8(4,5)6;;/h2H,1,3H2,(H,4,5,6);;. The fourth-order valence-corrected chi connectivity index (χ4v) is 0.402. The summed E-state index contributed by atoms with van der Waals surface area (Å²) in [5.41, 5.74) is 0. The fourth-order valence-electron chi connectivity index (χ4n) is 0.134. The van der Waals surface area contributed by atoms with E-state index in [2.05, 4.69) is 10.8 Å². The topological polar surface area (TPSA) is 63.6 Å². The Morgan fingerprint density at radius 2 is 2.11 bits per heavy atom. The molecular weight excluding hydrogens is 155 g/mol. The Balaban J connectivity index is 0. The molecule has 4 nitrogen and oxygen atoms in total. The van der Waals surface area contributed by atoms with E-state index in [0.717, 1.165) is 0 Å². The zero-order chi connectivity index (χ0) is 6.62. The van der Waals surface area contributed by atoms with Crippen LogP contribution >= 0.6 is 0 Å². The van der Waals surface area contributed by atoms with Crippen molar-refractivity contribution in [2.24, 2.45) is 0 Å². The molecule has 0 amide bonds. The van der Waals surface area contributed by atoms with Crippen molar-refractivity contribution in [1.29, 1.82) is 0 Å². The molecule has 0 fully saturated rings. The van der Waals surface area contributed by atoms with Crippen molar-refractivity contribution in [2.45, 2.75) is 0 Å². The van der Waals surface area contributed by atoms with Crippen LogP contribution in [-0.2, 0) is 14.6 Å². The molecule has 0 spiro atoms. The van der Waals surface area contributed by atoms with Gasteiger partial charge in [0.15, 0.2) is 0 Å². The summed E-state index contributed by atoms with van der Waals surface area (Å²) in [4.78, 5) is 0. The average molecular weight is 162 g/mol. The summed E-state index contributed by atoms with van der Waals surface area (Å²) in [6.07, 6.45) is 1.22. The van der Waals surface area contributed by atoms with Crippen molar-refractivity contribution >= 4 is 40.0 Å². The van der Waals surface area contributed by atoms with E-state index in [1.165, 1.54) is 6.08 Å². The molecule has 0 aromatic rings. The zero-order valence-corrected chi connectivity index (χ0v) is 4.89. The minimum absolute atomic E-state index is 0. The van der Waals surface area contributed by atoms with Crippen molar-refractivity contribution in [3.8, 4) is 0 Å². The van der Waals surface area contributed by atoms with Gasteiger partial charge in [-0.05, 0) is 0 Å². The number of hydrogen-bond acceptors (Lipinski definition) is 3. The normalized spacial score (nSPS) is 9.89. The van der Waals surface area contributed by atoms with Crippen molar-refractivity contribution < 1.29 is 17.2 Å². The predicted octanol–water partition coefficient (Wildman–Crippen LogP) is -0.657. The molecule has 0 rings (SSSR count). The van der Waals surface area contributed by atoms with E-state index in [4.69, 9.17) is 4.55 Å². The molecule has 50 valence electrons. The summed E-state index contributed by atoms with van der Waals surface area (Å²) in [5, 5.41) is 0. The minimum atomic E-state index is -4.26. The quantitative estimate of drug-likeness (QED) is 0.340. The van der Waals surface area contributed by atoms with Crippen molar-refractivity contribution in [1.82, 2.24) is 0 Å². The molecule has 6 heteroatoms. The van der Waals surface area contributed by atoms with Crippen LogP contribution in [0.3, 0.4) is 0 Å². The maximum atomic E-state index is 9.68. The molecule has 1 N–H and O–H groups in total. The molecule has 0 aromatic heterocycles. The SMILES string of the molecule is C=CCOS(=O)(=O)O.[NaH]. The van der Waals surface area contributed by atoms with Crippen LogP contribution in [0.1, 0.15) is 0 Å². The van der Waals surface area contributed by atoms with Gasteiger partial charge in [0.25, 0.3) is 0 Å². The van der Waals surface area contributed by atoms with Crippen LogP contribution in [0.25, 0.3) is 0 Å². The van der Waals surface area contributed by atoms with E-state index in [9.17, 15) is 8.42 Å². The molecule has 0 atom stereocenters. The van der Waals surface area contributed by atoms with Crippen LogP contribution in [-0.4, -0.2) is 49.1 Å². The van der Waals surface area contributed by atoms with Crippen molar-refractivity contribution in [3.63, 3.8) is 0 Å². The second-order valence-electron chi connectivity index (χ2n) is 1.00. The summed E-state index contributed by atoms with van der Waals surface area (Å²) < 4.78 is 31.0. The molecule has 0 bridgehead atoms. The Morgan fingerprint density at radius 3 is 2.22 bits per heavy atom. The Morgan fingerprint density at radius 1 is 1.67 bits per heavy atom. The molecule has 0 heterocycles. The van der Waals surface area contributed by atoms with Gasteiger partial charge in [0, 0.05) is 0 Å². The second-order valence-corrected chi connectivity index (χ2v) is 2.09. The Labute approximate surface area is 76.1 Å². The van der Waals surface area contributed by atoms with Gasteiger partial charge in [0.05, 0.1) is 6.61 Å². The van der Waals surface area contributed by atoms with Crippen LogP contribution in [0, 0.1) is 0 Å². The van der Waals surface area contributed by atoms with Crippen LogP contribution < -0.4 is 0 Å². The zero-order valence-electron chi connectivity index (χ0n) is 4.07. The molecule has 0 aliphatic carbocycles. The van der Waals surface area contributed by atoms with Gasteiger partial charge in [-0.1, -0.05) is 6.08 Å². The first kappa shape index (κ1) is 12.3. The van der Waals surface area contributed by atoms with Gasteiger partial charge in [-0.25, -0.2) is 4.18 Å². The van der Waals surface area contributed by atoms with Gasteiger partial charge in [0.1, 0.15) is 0 Å². The van der Waals surface area contributed by atoms with E-state index in [0.29, 0.717) is 0 Å². The average Bonchev–Trinajstić information content (AvgIpc) is 1.59. The van der Waals surface area contributed by atoms with E-state index in [1.54, 1.807) is 0 Å². The second kappa shape index (κ2) is 5.40. The summed E-state index contributed by atoms with van der Waals surface area (Å²) >= 11 is 0. The summed E-state index contributed by atoms with van der Waals surface area (Å²) in [6, 6.07) is 0. The molecule has 9 heavy (non-hydrogen) atoms. The molecule has 0 saturated heterocycles. The summed E-state index contributed by atoms with van der Waals surface area (Å²) in [7, 11) is -4.26. The van der Waals surface area contributed by atoms with Crippen LogP contribution in [0.2, 0.25) is 0 Å². The first-order valence-corrected chi connectivity index (χ1v) is 3.15. The third kappa shape index (κ3) is 12.0. The molecule has 0 unspecified atom stereocenters. The Kier molecular flexibility index (Phi) is 7.38. The van der Waals surface area contributed by atoms with Gasteiger partial charge in [-0.15, -0.1) is 6.58 Å².